The number of methoxy groups -OCH3 is 4. The molecule has 0 aromatic heterocycles. The van der Waals surface area contributed by atoms with Gasteiger partial charge in [-0.1, -0.05) is 13.3 Å². The standard InChI is InChI=1S/C38H48N2O6/c1-7-24-23-39-15-13-26-19-34(42-3)36(44-5)21-30(26)32(39)17-28(24)18-33-31-22-37(45-6)35(43-4)20-27(31)14-16-40(33)38(41)25-9-11-29(12-10-25)46-8-2/h9-12,19-22,24,28,32-33H,7-8,13-18,23H2,1-6H3/t24-,28+,32-,33+/m1/s1. The molecule has 0 aliphatic carbocycles. The fourth-order valence-electron chi connectivity index (χ4n) is 8.09. The Labute approximate surface area is 273 Å². The first kappa shape index (κ1) is 32.0. The van der Waals surface area contributed by atoms with Crippen LogP contribution in [0.25, 0.3) is 0 Å². The highest BCUT2D eigenvalue weighted by Crippen LogP contribution is 2.49. The number of ether oxygens (including phenoxy) is 5. The third-order valence-corrected chi connectivity index (χ3v) is 10.5. The maximum atomic E-state index is 14.3. The molecule has 3 aliphatic rings. The second-order valence-corrected chi connectivity index (χ2v) is 12.7. The van der Waals surface area contributed by atoms with Crippen LogP contribution in [0.4, 0.5) is 0 Å². The van der Waals surface area contributed by atoms with Gasteiger partial charge in [0.05, 0.1) is 41.1 Å². The lowest BCUT2D eigenvalue weighted by atomic mass is 9.72. The second kappa shape index (κ2) is 13.8. The number of nitrogens with zero attached hydrogens (tertiary/aromatic N) is 2. The van der Waals surface area contributed by atoms with Crippen molar-refractivity contribution >= 4 is 5.91 Å². The van der Waals surface area contributed by atoms with Gasteiger partial charge >= 0.3 is 0 Å². The quantitative estimate of drug-likeness (QED) is 0.242. The molecule has 3 aromatic carbocycles. The molecule has 0 radical (unpaired) electrons. The predicted octanol–water partition coefficient (Wildman–Crippen LogP) is 6.89. The maximum Gasteiger partial charge on any atom is 0.254 e. The first-order chi connectivity index (χ1) is 22.4. The Morgan fingerprint density at radius 2 is 1.35 bits per heavy atom. The van der Waals surface area contributed by atoms with Crippen LogP contribution in [0.2, 0.25) is 0 Å². The second-order valence-electron chi connectivity index (χ2n) is 12.7. The first-order valence-corrected chi connectivity index (χ1v) is 16.7. The van der Waals surface area contributed by atoms with Crippen molar-refractivity contribution in [3.63, 3.8) is 0 Å². The van der Waals surface area contributed by atoms with E-state index in [1.165, 1.54) is 16.7 Å². The fourth-order valence-corrected chi connectivity index (χ4v) is 8.09. The van der Waals surface area contributed by atoms with Gasteiger partial charge in [0.15, 0.2) is 23.0 Å². The number of amides is 1. The predicted molar refractivity (Wildman–Crippen MR) is 179 cm³/mol. The summed E-state index contributed by atoms with van der Waals surface area (Å²) in [5.74, 6) is 4.79. The summed E-state index contributed by atoms with van der Waals surface area (Å²) in [6.45, 7) is 7.62. The fraction of sp³-hybridized carbons (Fsp3) is 0.500. The van der Waals surface area contributed by atoms with Gasteiger partial charge in [-0.2, -0.15) is 0 Å². The molecule has 3 aliphatic heterocycles. The van der Waals surface area contributed by atoms with Crippen LogP contribution in [-0.4, -0.2) is 70.4 Å². The van der Waals surface area contributed by atoms with Gasteiger partial charge in [-0.3, -0.25) is 9.69 Å². The number of hydrogen-bond acceptors (Lipinski definition) is 7. The van der Waals surface area contributed by atoms with Gasteiger partial charge < -0.3 is 28.6 Å². The SMILES string of the molecule is CCOc1ccc(C(=O)N2CCc3cc(OC)c(OC)cc3[C@@H]2C[C@@H]2C[C@@H]3c4cc(OC)c(OC)cc4CCN3C[C@H]2CC)cc1. The van der Waals surface area contributed by atoms with Crippen molar-refractivity contribution in [3.8, 4) is 28.7 Å². The van der Waals surface area contributed by atoms with Crippen molar-refractivity contribution < 1.29 is 28.5 Å². The van der Waals surface area contributed by atoms with Crippen molar-refractivity contribution in [2.24, 2.45) is 11.8 Å². The van der Waals surface area contributed by atoms with Gasteiger partial charge in [0.1, 0.15) is 5.75 Å². The summed E-state index contributed by atoms with van der Waals surface area (Å²) in [6, 6.07) is 16.4. The van der Waals surface area contributed by atoms with E-state index in [4.69, 9.17) is 23.7 Å². The molecule has 0 unspecified atom stereocenters. The molecule has 1 fully saturated rings. The number of piperidine rings is 1. The molecule has 0 spiro atoms. The van der Waals surface area contributed by atoms with E-state index in [2.05, 4.69) is 41.0 Å². The number of fused-ring (bicyclic) bond motifs is 4. The first-order valence-electron chi connectivity index (χ1n) is 16.7. The number of rotatable bonds is 10. The van der Waals surface area contributed by atoms with Crippen molar-refractivity contribution in [1.29, 1.82) is 0 Å². The van der Waals surface area contributed by atoms with Crippen molar-refractivity contribution in [2.75, 3.05) is 54.7 Å². The topological polar surface area (TPSA) is 69.7 Å². The van der Waals surface area contributed by atoms with E-state index in [9.17, 15) is 4.79 Å². The molecule has 1 amide bonds. The summed E-state index contributed by atoms with van der Waals surface area (Å²) in [4.78, 5) is 19.1. The molecule has 0 N–H and O–H groups in total. The Hall–Kier alpha value is -3.91. The number of carbonyl (C=O) groups is 1. The maximum absolute atomic E-state index is 14.3. The van der Waals surface area contributed by atoms with Crippen LogP contribution in [0, 0.1) is 11.8 Å². The molecule has 8 nitrogen and oxygen atoms in total. The minimum absolute atomic E-state index is 0.0545. The Morgan fingerprint density at radius 3 is 1.96 bits per heavy atom. The summed E-state index contributed by atoms with van der Waals surface area (Å²) < 4.78 is 28.5. The lowest BCUT2D eigenvalue weighted by molar-refractivity contribution is 0.0287. The Bertz CT molecular complexity index is 1540. The average molecular weight is 629 g/mol. The van der Waals surface area contributed by atoms with Crippen LogP contribution in [0.1, 0.15) is 77.8 Å². The van der Waals surface area contributed by atoms with Gasteiger partial charge in [0.25, 0.3) is 5.91 Å². The number of benzene rings is 3. The lowest BCUT2D eigenvalue weighted by Crippen LogP contribution is -2.47. The Morgan fingerprint density at radius 1 is 0.761 bits per heavy atom. The van der Waals surface area contributed by atoms with Crippen molar-refractivity contribution in [2.45, 2.75) is 58.0 Å². The van der Waals surface area contributed by atoms with Crippen LogP contribution in [-0.2, 0) is 12.8 Å². The highest BCUT2D eigenvalue weighted by Gasteiger charge is 2.42. The van der Waals surface area contributed by atoms with E-state index in [0.29, 0.717) is 42.3 Å². The lowest BCUT2D eigenvalue weighted by Gasteiger charge is -2.49. The van der Waals surface area contributed by atoms with Gasteiger partial charge in [-0.05, 0) is 115 Å². The zero-order valence-electron chi connectivity index (χ0n) is 28.1. The highest BCUT2D eigenvalue weighted by atomic mass is 16.5. The molecule has 3 heterocycles. The van der Waals surface area contributed by atoms with E-state index >= 15 is 0 Å². The largest absolute Gasteiger partial charge is 0.494 e. The van der Waals surface area contributed by atoms with Crippen LogP contribution in [0.3, 0.4) is 0 Å². The van der Waals surface area contributed by atoms with Crippen molar-refractivity contribution in [1.82, 2.24) is 9.80 Å². The van der Waals surface area contributed by atoms with Crippen molar-refractivity contribution in [3.05, 3.63) is 76.3 Å². The van der Waals surface area contributed by atoms with Gasteiger partial charge in [0.2, 0.25) is 0 Å². The highest BCUT2D eigenvalue weighted by molar-refractivity contribution is 5.95. The molecule has 246 valence electrons. The molecule has 6 rings (SSSR count). The third-order valence-electron chi connectivity index (χ3n) is 10.5. The summed E-state index contributed by atoms with van der Waals surface area (Å²) in [7, 11) is 6.77. The van der Waals surface area contributed by atoms with Crippen LogP contribution in [0.15, 0.2) is 48.5 Å². The normalized spacial score (nSPS) is 22.3. The molecule has 46 heavy (non-hydrogen) atoms. The average Bonchev–Trinajstić information content (AvgIpc) is 3.10. The Kier molecular flexibility index (Phi) is 9.64. The number of carbonyl (C=O) groups excluding carboxylic acids is 1. The molecule has 8 heteroatoms. The zero-order valence-corrected chi connectivity index (χ0v) is 28.1. The van der Waals surface area contributed by atoms with E-state index in [1.54, 1.807) is 28.4 Å². The monoisotopic (exact) mass is 628 g/mol. The van der Waals surface area contributed by atoms with E-state index < -0.39 is 0 Å². The molecule has 0 saturated carbocycles. The summed E-state index contributed by atoms with van der Waals surface area (Å²) >= 11 is 0. The van der Waals surface area contributed by atoms with Gasteiger partial charge in [-0.15, -0.1) is 0 Å². The smallest absolute Gasteiger partial charge is 0.254 e. The molecular weight excluding hydrogens is 580 g/mol. The molecule has 0 bridgehead atoms. The number of hydrogen-bond donors (Lipinski definition) is 0. The van der Waals surface area contributed by atoms with Crippen LogP contribution in [0.5, 0.6) is 28.7 Å². The van der Waals surface area contributed by atoms with Gasteiger partial charge in [0, 0.05) is 31.2 Å². The third kappa shape index (κ3) is 5.99. The molecule has 1 saturated heterocycles. The summed E-state index contributed by atoms with van der Waals surface area (Å²) in [6.07, 6.45) is 4.80. The summed E-state index contributed by atoms with van der Waals surface area (Å²) in [5, 5.41) is 0. The van der Waals surface area contributed by atoms with E-state index in [1.807, 2.05) is 31.2 Å². The zero-order chi connectivity index (χ0) is 32.4. The van der Waals surface area contributed by atoms with Crippen LogP contribution >= 0.6 is 0 Å². The molecule has 4 atom stereocenters. The van der Waals surface area contributed by atoms with Crippen LogP contribution < -0.4 is 23.7 Å². The Balaban J connectivity index is 1.36. The molecule has 3 aromatic rings. The molecular formula is C38H48N2O6. The van der Waals surface area contributed by atoms with E-state index in [0.717, 1.165) is 73.8 Å². The minimum atomic E-state index is -0.0818. The van der Waals surface area contributed by atoms with E-state index in [-0.39, 0.29) is 11.9 Å². The summed E-state index contributed by atoms with van der Waals surface area (Å²) in [5.41, 5.74) is 5.77. The van der Waals surface area contributed by atoms with Gasteiger partial charge in [-0.25, -0.2) is 0 Å². The minimum Gasteiger partial charge on any atom is -0.494 e.